The minimum atomic E-state index is 0.714. The summed E-state index contributed by atoms with van der Waals surface area (Å²) in [7, 11) is 1.65. The lowest BCUT2D eigenvalue weighted by Crippen LogP contribution is -1.94. The highest BCUT2D eigenvalue weighted by Crippen LogP contribution is 2.33. The first kappa shape index (κ1) is 17.6. The summed E-state index contributed by atoms with van der Waals surface area (Å²) >= 11 is 7.50. The fourth-order valence-corrected chi connectivity index (χ4v) is 3.59. The average Bonchev–Trinajstić information content (AvgIpc) is 3.31. The number of halogens is 1. The van der Waals surface area contributed by atoms with Gasteiger partial charge in [0.25, 0.3) is 0 Å². The van der Waals surface area contributed by atoms with Crippen molar-refractivity contribution >= 4 is 33.8 Å². The van der Waals surface area contributed by atoms with Crippen LogP contribution in [-0.4, -0.2) is 22.1 Å². The van der Waals surface area contributed by atoms with Crippen LogP contribution in [0.15, 0.2) is 54.0 Å². The molecule has 4 aromatic rings. The molecule has 4 rings (SSSR count). The first-order valence-electron chi connectivity index (χ1n) is 8.31. The van der Waals surface area contributed by atoms with Gasteiger partial charge in [-0.1, -0.05) is 23.7 Å². The van der Waals surface area contributed by atoms with Gasteiger partial charge in [-0.3, -0.25) is 0 Å². The van der Waals surface area contributed by atoms with Gasteiger partial charge in [0.15, 0.2) is 5.13 Å². The molecule has 0 aliphatic carbocycles. The normalized spacial score (nSPS) is 10.8. The number of hydrogen-bond acceptors (Lipinski definition) is 5. The number of imidazole rings is 1. The van der Waals surface area contributed by atoms with E-state index in [1.165, 1.54) is 0 Å². The van der Waals surface area contributed by atoms with E-state index in [0.717, 1.165) is 44.9 Å². The summed E-state index contributed by atoms with van der Waals surface area (Å²) in [5.74, 6) is 1.53. The molecule has 0 saturated carbocycles. The first-order valence-corrected chi connectivity index (χ1v) is 9.56. The van der Waals surface area contributed by atoms with Crippen molar-refractivity contribution in [2.24, 2.45) is 0 Å². The lowest BCUT2D eigenvalue weighted by atomic mass is 10.1. The summed E-state index contributed by atoms with van der Waals surface area (Å²) < 4.78 is 5.54. The summed E-state index contributed by atoms with van der Waals surface area (Å²) in [5, 5.41) is 6.87. The van der Waals surface area contributed by atoms with Gasteiger partial charge in [-0.15, -0.1) is 11.3 Å². The van der Waals surface area contributed by atoms with E-state index in [1.54, 1.807) is 24.6 Å². The zero-order chi connectivity index (χ0) is 18.8. The van der Waals surface area contributed by atoms with Gasteiger partial charge >= 0.3 is 0 Å². The Morgan fingerprint density at radius 2 is 1.96 bits per heavy atom. The van der Waals surface area contributed by atoms with E-state index < -0.39 is 0 Å². The number of rotatable bonds is 5. The zero-order valence-electron chi connectivity index (χ0n) is 14.8. The minimum absolute atomic E-state index is 0.714. The Balaban J connectivity index is 1.57. The predicted octanol–water partition coefficient (Wildman–Crippen LogP) is 5.91. The number of nitrogens with zero attached hydrogens (tertiary/aromatic N) is 2. The zero-order valence-corrected chi connectivity index (χ0v) is 16.4. The third kappa shape index (κ3) is 3.82. The monoisotopic (exact) mass is 396 g/mol. The second kappa shape index (κ2) is 7.42. The van der Waals surface area contributed by atoms with Gasteiger partial charge < -0.3 is 15.0 Å². The van der Waals surface area contributed by atoms with Crippen LogP contribution in [0.1, 0.15) is 5.69 Å². The second-order valence-corrected chi connectivity index (χ2v) is 7.29. The number of aromatic nitrogens is 3. The molecule has 0 atom stereocenters. The minimum Gasteiger partial charge on any atom is -0.496 e. The fraction of sp³-hybridized carbons (Fsp3) is 0.100. The van der Waals surface area contributed by atoms with E-state index in [4.69, 9.17) is 16.3 Å². The van der Waals surface area contributed by atoms with Crippen molar-refractivity contribution in [3.63, 3.8) is 0 Å². The quantitative estimate of drug-likeness (QED) is 0.440. The predicted molar refractivity (Wildman–Crippen MR) is 111 cm³/mol. The summed E-state index contributed by atoms with van der Waals surface area (Å²) in [5.41, 5.74) is 4.76. The third-order valence-corrected chi connectivity index (χ3v) is 5.06. The maximum atomic E-state index is 5.95. The lowest BCUT2D eigenvalue weighted by molar-refractivity contribution is 0.416. The van der Waals surface area contributed by atoms with E-state index in [0.29, 0.717) is 5.02 Å². The van der Waals surface area contributed by atoms with E-state index in [9.17, 15) is 0 Å². The van der Waals surface area contributed by atoms with Crippen LogP contribution < -0.4 is 10.1 Å². The van der Waals surface area contributed by atoms with Crippen LogP contribution in [-0.2, 0) is 0 Å². The molecule has 0 bridgehead atoms. The molecule has 0 unspecified atom stereocenters. The smallest absolute Gasteiger partial charge is 0.187 e. The highest BCUT2D eigenvalue weighted by atomic mass is 35.5. The summed E-state index contributed by atoms with van der Waals surface area (Å²) in [6.07, 6.45) is 1.80. The van der Waals surface area contributed by atoms with Crippen LogP contribution in [0.3, 0.4) is 0 Å². The van der Waals surface area contributed by atoms with Crippen LogP contribution in [0.25, 0.3) is 22.6 Å². The number of H-pyrrole nitrogens is 1. The number of hydrogen-bond donors (Lipinski definition) is 2. The van der Waals surface area contributed by atoms with Crippen molar-refractivity contribution in [3.05, 3.63) is 64.8 Å². The van der Waals surface area contributed by atoms with Crippen LogP contribution in [0.2, 0.25) is 5.02 Å². The molecule has 2 aromatic heterocycles. The molecule has 27 heavy (non-hydrogen) atoms. The Kier molecular flexibility index (Phi) is 4.83. The molecule has 0 fully saturated rings. The van der Waals surface area contributed by atoms with Crippen LogP contribution in [0.4, 0.5) is 10.8 Å². The first-order chi connectivity index (χ1) is 13.1. The molecule has 0 saturated heterocycles. The van der Waals surface area contributed by atoms with Gasteiger partial charge in [-0.05, 0) is 31.2 Å². The van der Waals surface area contributed by atoms with E-state index in [2.05, 4.69) is 20.3 Å². The van der Waals surface area contributed by atoms with Gasteiger partial charge in [0.2, 0.25) is 0 Å². The van der Waals surface area contributed by atoms with Crippen molar-refractivity contribution in [2.45, 2.75) is 6.92 Å². The van der Waals surface area contributed by atoms with Gasteiger partial charge in [0.1, 0.15) is 11.6 Å². The molecule has 0 aliphatic rings. The number of nitrogens with one attached hydrogen (secondary N) is 2. The van der Waals surface area contributed by atoms with Gasteiger partial charge in [-0.2, -0.15) is 0 Å². The van der Waals surface area contributed by atoms with E-state index in [-0.39, 0.29) is 0 Å². The SMILES string of the molecule is COc1cc(Nc2nc(-c3ccc(Cl)cc3)cs2)ccc1-c1ncc(C)[nH]1. The molecule has 7 heteroatoms. The number of benzene rings is 2. The highest BCUT2D eigenvalue weighted by Gasteiger charge is 2.11. The Bertz CT molecular complexity index is 1070. The molecule has 2 aromatic carbocycles. The topological polar surface area (TPSA) is 62.8 Å². The standard InChI is InChI=1S/C20H17ClN4OS/c1-12-10-22-19(23-12)16-8-7-15(9-18(16)26-2)24-20-25-17(11-27-20)13-3-5-14(21)6-4-13/h3-11H,1-2H3,(H,22,23)(H,24,25). The number of methoxy groups -OCH3 is 1. The maximum absolute atomic E-state index is 5.95. The average molecular weight is 397 g/mol. The molecule has 5 nitrogen and oxygen atoms in total. The molecule has 0 amide bonds. The third-order valence-electron chi connectivity index (χ3n) is 4.05. The van der Waals surface area contributed by atoms with Crippen molar-refractivity contribution in [1.29, 1.82) is 0 Å². The second-order valence-electron chi connectivity index (χ2n) is 6.00. The van der Waals surface area contributed by atoms with Crippen molar-refractivity contribution in [1.82, 2.24) is 15.0 Å². The van der Waals surface area contributed by atoms with Gasteiger partial charge in [-0.25, -0.2) is 9.97 Å². The van der Waals surface area contributed by atoms with Crippen molar-refractivity contribution in [2.75, 3.05) is 12.4 Å². The summed E-state index contributed by atoms with van der Waals surface area (Å²) in [4.78, 5) is 12.3. The van der Waals surface area contributed by atoms with Crippen LogP contribution in [0, 0.1) is 6.92 Å². The molecular weight excluding hydrogens is 380 g/mol. The molecule has 136 valence electrons. The Hall–Kier alpha value is -2.83. The molecule has 0 aliphatic heterocycles. The number of ether oxygens (including phenoxy) is 1. The molecule has 0 radical (unpaired) electrons. The van der Waals surface area contributed by atoms with Crippen molar-refractivity contribution in [3.8, 4) is 28.4 Å². The number of aryl methyl sites for hydroxylation is 1. The molecule has 2 N–H and O–H groups in total. The summed E-state index contributed by atoms with van der Waals surface area (Å²) in [6.45, 7) is 1.97. The summed E-state index contributed by atoms with van der Waals surface area (Å²) in [6, 6.07) is 13.6. The number of aromatic amines is 1. The van der Waals surface area contributed by atoms with Crippen LogP contribution >= 0.6 is 22.9 Å². The Morgan fingerprint density at radius 3 is 2.67 bits per heavy atom. The van der Waals surface area contributed by atoms with E-state index >= 15 is 0 Å². The van der Waals surface area contributed by atoms with Gasteiger partial charge in [0, 0.05) is 39.6 Å². The molecule has 2 heterocycles. The highest BCUT2D eigenvalue weighted by molar-refractivity contribution is 7.14. The molecular formula is C20H17ClN4OS. The fourth-order valence-electron chi connectivity index (χ4n) is 2.72. The van der Waals surface area contributed by atoms with E-state index in [1.807, 2.05) is 54.8 Å². The largest absolute Gasteiger partial charge is 0.496 e. The maximum Gasteiger partial charge on any atom is 0.187 e. The van der Waals surface area contributed by atoms with Crippen molar-refractivity contribution < 1.29 is 4.74 Å². The molecule has 0 spiro atoms. The number of thiazole rings is 1. The lowest BCUT2D eigenvalue weighted by Gasteiger charge is -2.09. The van der Waals surface area contributed by atoms with Gasteiger partial charge in [0.05, 0.1) is 18.4 Å². The number of anilines is 2. The Morgan fingerprint density at radius 1 is 1.15 bits per heavy atom. The Labute approximate surface area is 166 Å². The van der Waals surface area contributed by atoms with Crippen LogP contribution in [0.5, 0.6) is 5.75 Å².